The second-order valence-electron chi connectivity index (χ2n) is 4.23. The number of carbonyl (C=O) groups excluding carboxylic acids is 3. The molecule has 0 aromatic heterocycles. The largest absolute Gasteiger partial charge is 0.324 e. The summed E-state index contributed by atoms with van der Waals surface area (Å²) in [5, 5.41) is 2.69. The number of anilines is 1. The molecule has 0 bridgehead atoms. The van der Waals surface area contributed by atoms with Gasteiger partial charge in [-0.25, -0.2) is 0 Å². The predicted molar refractivity (Wildman–Crippen MR) is 59.5 cm³/mol. The first kappa shape index (κ1) is 10.0. The molecule has 2 heterocycles. The quantitative estimate of drug-likeness (QED) is 0.702. The molecule has 1 fully saturated rings. The predicted octanol–water partition coefficient (Wildman–Crippen LogP) is 0.422. The maximum Gasteiger partial charge on any atom is 0.257 e. The standard InChI is InChI=1S/C12H10N2O3/c15-7-5-10-11(16)13-9-4-2-1-3-8(9)12(17)14(10)6-7/h1-4,10H,5-6H2,(H,13,16)/t10-/m0/s1. The number of hydrogen-bond donors (Lipinski definition) is 1. The molecule has 0 saturated carbocycles. The van der Waals surface area contributed by atoms with E-state index >= 15 is 0 Å². The minimum atomic E-state index is -0.651. The van der Waals surface area contributed by atoms with Crippen molar-refractivity contribution in [1.29, 1.82) is 0 Å². The molecule has 5 heteroatoms. The summed E-state index contributed by atoms with van der Waals surface area (Å²) in [5.41, 5.74) is 0.961. The summed E-state index contributed by atoms with van der Waals surface area (Å²) in [6.45, 7) is 0.0330. The summed E-state index contributed by atoms with van der Waals surface area (Å²) in [6, 6.07) is 6.19. The maximum atomic E-state index is 12.2. The van der Waals surface area contributed by atoms with Crippen molar-refractivity contribution in [3.05, 3.63) is 29.8 Å². The van der Waals surface area contributed by atoms with Crippen LogP contribution in [0.5, 0.6) is 0 Å². The highest BCUT2D eigenvalue weighted by Gasteiger charge is 2.41. The zero-order chi connectivity index (χ0) is 12.0. The molecule has 1 saturated heterocycles. The average Bonchev–Trinajstić information content (AvgIpc) is 2.67. The van der Waals surface area contributed by atoms with E-state index in [1.807, 2.05) is 0 Å². The van der Waals surface area contributed by atoms with E-state index in [0.717, 1.165) is 0 Å². The smallest absolute Gasteiger partial charge is 0.257 e. The normalized spacial score (nSPS) is 22.9. The topological polar surface area (TPSA) is 66.5 Å². The van der Waals surface area contributed by atoms with E-state index in [4.69, 9.17) is 0 Å². The van der Waals surface area contributed by atoms with Crippen molar-refractivity contribution >= 4 is 23.3 Å². The van der Waals surface area contributed by atoms with E-state index in [9.17, 15) is 14.4 Å². The van der Waals surface area contributed by atoms with Gasteiger partial charge in [-0.2, -0.15) is 0 Å². The summed E-state index contributed by atoms with van der Waals surface area (Å²) in [5.74, 6) is -0.609. The molecule has 1 N–H and O–H groups in total. The number of benzene rings is 1. The Kier molecular flexibility index (Phi) is 2.01. The summed E-state index contributed by atoms with van der Waals surface area (Å²) >= 11 is 0. The van der Waals surface area contributed by atoms with E-state index in [0.29, 0.717) is 11.3 Å². The van der Waals surface area contributed by atoms with E-state index in [1.165, 1.54) is 4.90 Å². The molecule has 5 nitrogen and oxygen atoms in total. The number of nitrogens with one attached hydrogen (secondary N) is 1. The molecule has 2 aliphatic heterocycles. The highest BCUT2D eigenvalue weighted by atomic mass is 16.2. The number of nitrogens with zero attached hydrogens (tertiary/aromatic N) is 1. The highest BCUT2D eigenvalue weighted by molar-refractivity contribution is 6.13. The van der Waals surface area contributed by atoms with Crippen molar-refractivity contribution in [2.24, 2.45) is 0 Å². The first-order chi connectivity index (χ1) is 8.16. The van der Waals surface area contributed by atoms with Crippen molar-refractivity contribution in [3.8, 4) is 0 Å². The van der Waals surface area contributed by atoms with Crippen LogP contribution in [-0.4, -0.2) is 35.1 Å². The van der Waals surface area contributed by atoms with Crippen molar-refractivity contribution in [3.63, 3.8) is 0 Å². The first-order valence-corrected chi connectivity index (χ1v) is 5.39. The fourth-order valence-corrected chi connectivity index (χ4v) is 2.29. The second kappa shape index (κ2) is 3.41. The lowest BCUT2D eigenvalue weighted by molar-refractivity contribution is -0.121. The fourth-order valence-electron chi connectivity index (χ4n) is 2.29. The van der Waals surface area contributed by atoms with Crippen LogP contribution in [0.4, 0.5) is 5.69 Å². The monoisotopic (exact) mass is 230 g/mol. The minimum Gasteiger partial charge on any atom is -0.324 e. The fraction of sp³-hybridized carbons (Fsp3) is 0.250. The van der Waals surface area contributed by atoms with Gasteiger partial charge >= 0.3 is 0 Å². The van der Waals surface area contributed by atoms with E-state index in [-0.39, 0.29) is 30.6 Å². The molecule has 0 radical (unpaired) electrons. The molecular formula is C12H10N2O3. The number of rotatable bonds is 0. The van der Waals surface area contributed by atoms with Gasteiger partial charge in [-0.3, -0.25) is 14.4 Å². The molecule has 1 atom stereocenters. The van der Waals surface area contributed by atoms with Gasteiger partial charge in [-0.15, -0.1) is 0 Å². The molecule has 3 rings (SSSR count). The van der Waals surface area contributed by atoms with E-state index in [1.54, 1.807) is 24.3 Å². The zero-order valence-corrected chi connectivity index (χ0v) is 8.97. The zero-order valence-electron chi connectivity index (χ0n) is 8.97. The Morgan fingerprint density at radius 1 is 1.18 bits per heavy atom. The number of carbonyl (C=O) groups is 3. The molecule has 2 aliphatic rings. The Bertz CT molecular complexity index is 538. The highest BCUT2D eigenvalue weighted by Crippen LogP contribution is 2.27. The molecule has 1 aromatic rings. The summed E-state index contributed by atoms with van der Waals surface area (Å²) in [4.78, 5) is 36.8. The molecule has 0 aliphatic carbocycles. The van der Waals surface area contributed by atoms with Crippen LogP contribution in [0.3, 0.4) is 0 Å². The number of amides is 2. The number of fused-ring (bicyclic) bond motifs is 2. The third kappa shape index (κ3) is 1.43. The lowest BCUT2D eigenvalue weighted by Crippen LogP contribution is -2.40. The summed E-state index contributed by atoms with van der Waals surface area (Å²) in [6.07, 6.45) is 0.117. The Morgan fingerprint density at radius 2 is 1.94 bits per heavy atom. The van der Waals surface area contributed by atoms with Gasteiger partial charge in [0.2, 0.25) is 5.91 Å². The Balaban J connectivity index is 2.11. The lowest BCUT2D eigenvalue weighted by Gasteiger charge is -2.18. The van der Waals surface area contributed by atoms with Crippen molar-refractivity contribution < 1.29 is 14.4 Å². The van der Waals surface area contributed by atoms with Gasteiger partial charge in [0, 0.05) is 6.42 Å². The molecule has 17 heavy (non-hydrogen) atoms. The Labute approximate surface area is 97.4 Å². The Morgan fingerprint density at radius 3 is 2.76 bits per heavy atom. The third-order valence-corrected chi connectivity index (χ3v) is 3.12. The van der Waals surface area contributed by atoms with Gasteiger partial charge in [-0.05, 0) is 12.1 Å². The maximum absolute atomic E-state index is 12.2. The molecule has 0 unspecified atom stereocenters. The second-order valence-corrected chi connectivity index (χ2v) is 4.23. The third-order valence-electron chi connectivity index (χ3n) is 3.12. The van der Waals surface area contributed by atoms with Crippen molar-refractivity contribution in [2.45, 2.75) is 12.5 Å². The van der Waals surface area contributed by atoms with Gasteiger partial charge in [0.15, 0.2) is 5.78 Å². The SMILES string of the molecule is O=C1C[C@H]2C(=O)Nc3ccccc3C(=O)N2C1. The average molecular weight is 230 g/mol. The van der Waals surface area contributed by atoms with Gasteiger partial charge in [0.05, 0.1) is 17.8 Å². The van der Waals surface area contributed by atoms with Crippen LogP contribution in [0.15, 0.2) is 24.3 Å². The van der Waals surface area contributed by atoms with Crippen LogP contribution in [0, 0.1) is 0 Å². The van der Waals surface area contributed by atoms with Crippen molar-refractivity contribution in [2.75, 3.05) is 11.9 Å². The number of ketones is 1. The van der Waals surface area contributed by atoms with Gasteiger partial charge in [-0.1, -0.05) is 12.1 Å². The summed E-state index contributed by atoms with van der Waals surface area (Å²) in [7, 11) is 0. The molecule has 1 aromatic carbocycles. The number of Topliss-reactive ketones (excluding diaryl/α,β-unsaturated/α-hetero) is 1. The minimum absolute atomic E-state index is 0.0330. The van der Waals surface area contributed by atoms with Gasteiger partial charge in [0.25, 0.3) is 5.91 Å². The number of para-hydroxylation sites is 1. The van der Waals surface area contributed by atoms with Gasteiger partial charge < -0.3 is 10.2 Å². The van der Waals surface area contributed by atoms with Crippen LogP contribution >= 0.6 is 0 Å². The van der Waals surface area contributed by atoms with Crippen LogP contribution in [-0.2, 0) is 9.59 Å². The first-order valence-electron chi connectivity index (χ1n) is 5.39. The molecular weight excluding hydrogens is 220 g/mol. The van der Waals surface area contributed by atoms with Crippen molar-refractivity contribution in [1.82, 2.24) is 4.90 Å². The van der Waals surface area contributed by atoms with Gasteiger partial charge in [0.1, 0.15) is 6.04 Å². The van der Waals surface area contributed by atoms with Crippen LogP contribution in [0.25, 0.3) is 0 Å². The molecule has 0 spiro atoms. The molecule has 86 valence electrons. The van der Waals surface area contributed by atoms with Crippen LogP contribution in [0.2, 0.25) is 0 Å². The number of hydrogen-bond acceptors (Lipinski definition) is 3. The van der Waals surface area contributed by atoms with E-state index in [2.05, 4.69) is 5.32 Å². The lowest BCUT2D eigenvalue weighted by atomic mass is 10.1. The van der Waals surface area contributed by atoms with Crippen LogP contribution < -0.4 is 5.32 Å². The van der Waals surface area contributed by atoms with Crippen LogP contribution in [0.1, 0.15) is 16.8 Å². The summed E-state index contributed by atoms with van der Waals surface area (Å²) < 4.78 is 0. The Hall–Kier alpha value is -2.17. The van der Waals surface area contributed by atoms with E-state index < -0.39 is 6.04 Å². The molecule has 2 amide bonds.